The number of hydrogen-bond donors (Lipinski definition) is 2. The second kappa shape index (κ2) is 4.12. The van der Waals surface area contributed by atoms with Crippen molar-refractivity contribution in [3.63, 3.8) is 0 Å². The highest BCUT2D eigenvalue weighted by Crippen LogP contribution is 2.39. The standard InChI is InChI=1S/C11H9F2NO3/c12-7-2-1-3-8(9(7)13)14-10(15)5-4-6(5)11(16)17/h1-3,5-6H,4H2,(H,14,15)(H,16,17). The van der Waals surface area contributed by atoms with E-state index in [1.54, 1.807) is 0 Å². The first-order valence-corrected chi connectivity index (χ1v) is 4.98. The molecule has 2 N–H and O–H groups in total. The lowest BCUT2D eigenvalue weighted by atomic mass is 10.2. The summed E-state index contributed by atoms with van der Waals surface area (Å²) < 4.78 is 26.0. The lowest BCUT2D eigenvalue weighted by Crippen LogP contribution is -2.17. The third kappa shape index (κ3) is 2.25. The van der Waals surface area contributed by atoms with E-state index in [1.165, 1.54) is 12.1 Å². The van der Waals surface area contributed by atoms with Gasteiger partial charge in [-0.15, -0.1) is 0 Å². The molecule has 1 aliphatic carbocycles. The Morgan fingerprint density at radius 2 is 2.00 bits per heavy atom. The fourth-order valence-corrected chi connectivity index (χ4v) is 1.58. The largest absolute Gasteiger partial charge is 0.481 e. The van der Waals surface area contributed by atoms with Gasteiger partial charge in [-0.25, -0.2) is 8.78 Å². The zero-order valence-electron chi connectivity index (χ0n) is 8.61. The average molecular weight is 241 g/mol. The molecule has 1 fully saturated rings. The molecular weight excluding hydrogens is 232 g/mol. The number of carboxylic acids is 1. The molecule has 0 heterocycles. The zero-order chi connectivity index (χ0) is 12.6. The Bertz CT molecular complexity index is 490. The number of carbonyl (C=O) groups excluding carboxylic acids is 1. The van der Waals surface area contributed by atoms with Crippen LogP contribution in [0.1, 0.15) is 6.42 Å². The van der Waals surface area contributed by atoms with Crippen molar-refractivity contribution in [3.8, 4) is 0 Å². The van der Waals surface area contributed by atoms with Crippen LogP contribution < -0.4 is 5.32 Å². The predicted octanol–water partition coefficient (Wildman–Crippen LogP) is 1.62. The number of aliphatic carboxylic acids is 1. The molecule has 17 heavy (non-hydrogen) atoms. The van der Waals surface area contributed by atoms with Gasteiger partial charge in [-0.05, 0) is 18.6 Å². The van der Waals surface area contributed by atoms with Crippen LogP contribution in [0.25, 0.3) is 0 Å². The topological polar surface area (TPSA) is 66.4 Å². The Morgan fingerprint density at radius 1 is 1.29 bits per heavy atom. The molecule has 0 aliphatic heterocycles. The molecule has 2 unspecified atom stereocenters. The van der Waals surface area contributed by atoms with Crippen molar-refractivity contribution in [3.05, 3.63) is 29.8 Å². The number of anilines is 1. The Balaban J connectivity index is 2.05. The van der Waals surface area contributed by atoms with Gasteiger partial charge in [0.05, 0.1) is 17.5 Å². The Hall–Kier alpha value is -1.98. The van der Waals surface area contributed by atoms with Gasteiger partial charge in [-0.3, -0.25) is 9.59 Å². The third-order valence-electron chi connectivity index (χ3n) is 2.65. The van der Waals surface area contributed by atoms with E-state index < -0.39 is 35.3 Å². The summed E-state index contributed by atoms with van der Waals surface area (Å²) in [5, 5.41) is 10.8. The molecule has 0 saturated heterocycles. The lowest BCUT2D eigenvalue weighted by molar-refractivity contribution is -0.139. The van der Waals surface area contributed by atoms with Gasteiger partial charge >= 0.3 is 5.97 Å². The van der Waals surface area contributed by atoms with Crippen LogP contribution in [0.4, 0.5) is 14.5 Å². The van der Waals surface area contributed by atoms with Crippen molar-refractivity contribution in [1.82, 2.24) is 0 Å². The summed E-state index contributed by atoms with van der Waals surface area (Å²) in [6.07, 6.45) is 0.234. The van der Waals surface area contributed by atoms with Crippen LogP contribution in [0.3, 0.4) is 0 Å². The van der Waals surface area contributed by atoms with Gasteiger partial charge in [0.15, 0.2) is 11.6 Å². The summed E-state index contributed by atoms with van der Waals surface area (Å²) in [5.74, 6) is -5.23. The van der Waals surface area contributed by atoms with Crippen LogP contribution in [0.2, 0.25) is 0 Å². The molecule has 2 rings (SSSR count). The van der Waals surface area contributed by atoms with Gasteiger partial charge in [0, 0.05) is 0 Å². The molecule has 2 atom stereocenters. The van der Waals surface area contributed by atoms with E-state index in [-0.39, 0.29) is 12.1 Å². The van der Waals surface area contributed by atoms with E-state index in [0.29, 0.717) is 0 Å². The lowest BCUT2D eigenvalue weighted by Gasteiger charge is -2.05. The maximum Gasteiger partial charge on any atom is 0.307 e. The van der Waals surface area contributed by atoms with Gasteiger partial charge in [0.25, 0.3) is 0 Å². The number of benzene rings is 1. The van der Waals surface area contributed by atoms with Crippen molar-refractivity contribution < 1.29 is 23.5 Å². The summed E-state index contributed by atoms with van der Waals surface area (Å²) in [5.41, 5.74) is -0.272. The van der Waals surface area contributed by atoms with Gasteiger partial charge < -0.3 is 10.4 Å². The Kier molecular flexibility index (Phi) is 2.79. The minimum atomic E-state index is -1.15. The normalized spacial score (nSPS) is 22.0. The molecule has 4 nitrogen and oxygen atoms in total. The van der Waals surface area contributed by atoms with Gasteiger partial charge in [0.2, 0.25) is 5.91 Å². The first kappa shape index (κ1) is 11.5. The monoisotopic (exact) mass is 241 g/mol. The summed E-state index contributed by atoms with van der Waals surface area (Å²) in [6.45, 7) is 0. The number of halogens is 2. The van der Waals surface area contributed by atoms with Crippen molar-refractivity contribution in [2.24, 2.45) is 11.8 Å². The molecule has 6 heteroatoms. The van der Waals surface area contributed by atoms with Gasteiger partial charge in [0.1, 0.15) is 0 Å². The van der Waals surface area contributed by atoms with Gasteiger partial charge in [-0.2, -0.15) is 0 Å². The maximum atomic E-state index is 13.2. The van der Waals surface area contributed by atoms with Crippen LogP contribution in [-0.2, 0) is 9.59 Å². The molecule has 1 amide bonds. The number of hydrogen-bond acceptors (Lipinski definition) is 2. The predicted molar refractivity (Wildman–Crippen MR) is 54.2 cm³/mol. The highest BCUT2D eigenvalue weighted by molar-refractivity contribution is 5.98. The van der Waals surface area contributed by atoms with Crippen LogP contribution in [-0.4, -0.2) is 17.0 Å². The number of carbonyl (C=O) groups is 2. The van der Waals surface area contributed by atoms with E-state index in [4.69, 9.17) is 5.11 Å². The van der Waals surface area contributed by atoms with E-state index in [2.05, 4.69) is 5.32 Å². The first-order valence-electron chi connectivity index (χ1n) is 4.98. The van der Waals surface area contributed by atoms with Gasteiger partial charge in [-0.1, -0.05) is 6.07 Å². The van der Waals surface area contributed by atoms with Crippen LogP contribution >= 0.6 is 0 Å². The number of nitrogens with one attached hydrogen (secondary N) is 1. The molecule has 0 bridgehead atoms. The van der Waals surface area contributed by atoms with E-state index in [0.717, 1.165) is 6.07 Å². The van der Waals surface area contributed by atoms with Crippen molar-refractivity contribution in [1.29, 1.82) is 0 Å². The third-order valence-corrected chi connectivity index (χ3v) is 2.65. The van der Waals surface area contributed by atoms with Crippen molar-refractivity contribution in [2.75, 3.05) is 5.32 Å². The Labute approximate surface area is 95.2 Å². The molecular formula is C11H9F2NO3. The zero-order valence-corrected chi connectivity index (χ0v) is 8.61. The highest BCUT2D eigenvalue weighted by Gasteiger charge is 2.48. The smallest absolute Gasteiger partial charge is 0.307 e. The molecule has 1 aromatic carbocycles. The molecule has 0 spiro atoms. The summed E-state index contributed by atoms with van der Waals surface area (Å²) in [7, 11) is 0. The highest BCUT2D eigenvalue weighted by atomic mass is 19.2. The van der Waals surface area contributed by atoms with Crippen LogP contribution in [0.5, 0.6) is 0 Å². The molecule has 0 radical (unpaired) electrons. The summed E-state index contributed by atoms with van der Waals surface area (Å²) in [6, 6.07) is 3.41. The molecule has 0 aromatic heterocycles. The number of amides is 1. The molecule has 1 saturated carbocycles. The number of carboxylic acid groups (broad SMARTS) is 1. The average Bonchev–Trinajstić information content (AvgIpc) is 3.04. The SMILES string of the molecule is O=C(O)C1CC1C(=O)Nc1cccc(F)c1F. The molecule has 90 valence electrons. The summed E-state index contributed by atoms with van der Waals surface area (Å²) in [4.78, 5) is 22.0. The van der Waals surface area contributed by atoms with E-state index in [9.17, 15) is 18.4 Å². The number of rotatable bonds is 3. The first-order chi connectivity index (χ1) is 8.00. The second-order valence-corrected chi connectivity index (χ2v) is 3.88. The molecule has 1 aliphatic rings. The van der Waals surface area contributed by atoms with Crippen molar-refractivity contribution in [2.45, 2.75) is 6.42 Å². The minimum absolute atomic E-state index is 0.234. The van der Waals surface area contributed by atoms with Crippen LogP contribution in [0.15, 0.2) is 18.2 Å². The maximum absolute atomic E-state index is 13.2. The molecule has 1 aromatic rings. The second-order valence-electron chi connectivity index (χ2n) is 3.88. The Morgan fingerprint density at radius 3 is 2.59 bits per heavy atom. The van der Waals surface area contributed by atoms with Crippen molar-refractivity contribution >= 4 is 17.6 Å². The fourth-order valence-electron chi connectivity index (χ4n) is 1.58. The minimum Gasteiger partial charge on any atom is -0.481 e. The van der Waals surface area contributed by atoms with Crippen LogP contribution in [0, 0.1) is 23.5 Å². The summed E-state index contributed by atoms with van der Waals surface area (Å²) >= 11 is 0. The fraction of sp³-hybridized carbons (Fsp3) is 0.273. The van der Waals surface area contributed by atoms with E-state index >= 15 is 0 Å². The quantitative estimate of drug-likeness (QED) is 0.845. The van der Waals surface area contributed by atoms with E-state index in [1.807, 2.05) is 0 Å².